The predicted molar refractivity (Wildman–Crippen MR) is 67.9 cm³/mol. The van der Waals surface area contributed by atoms with Crippen LogP contribution in [0.15, 0.2) is 0 Å². The average Bonchev–Trinajstić information content (AvgIpc) is 2.15. The Bertz CT molecular complexity index is 146. The first-order valence-electron chi connectivity index (χ1n) is 6.41. The van der Waals surface area contributed by atoms with Gasteiger partial charge in [0.25, 0.3) is 0 Å². The minimum atomic E-state index is -0.0275. The molecule has 2 atom stereocenters. The number of ether oxygens (including phenoxy) is 1. The van der Waals surface area contributed by atoms with Gasteiger partial charge in [0.05, 0.1) is 11.7 Å². The average molecular weight is 213 g/mol. The molecule has 0 heterocycles. The summed E-state index contributed by atoms with van der Waals surface area (Å²) in [6, 6.07) is 0. The third-order valence-corrected chi connectivity index (χ3v) is 2.73. The SMILES string of the molecule is [CH2]CC(CCCC)C(CC)OC(C)(C)C. The first-order valence-corrected chi connectivity index (χ1v) is 6.41. The van der Waals surface area contributed by atoms with Gasteiger partial charge < -0.3 is 4.74 Å². The van der Waals surface area contributed by atoms with E-state index >= 15 is 0 Å². The van der Waals surface area contributed by atoms with E-state index in [1.54, 1.807) is 0 Å². The van der Waals surface area contributed by atoms with Gasteiger partial charge in [0.1, 0.15) is 0 Å². The molecule has 0 aromatic heterocycles. The lowest BCUT2D eigenvalue weighted by molar-refractivity contribution is -0.0876. The van der Waals surface area contributed by atoms with Crippen LogP contribution in [0.4, 0.5) is 0 Å². The van der Waals surface area contributed by atoms with Gasteiger partial charge in [-0.1, -0.05) is 33.6 Å². The van der Waals surface area contributed by atoms with Crippen LogP contribution in [-0.2, 0) is 4.74 Å². The summed E-state index contributed by atoms with van der Waals surface area (Å²) >= 11 is 0. The van der Waals surface area contributed by atoms with Gasteiger partial charge in [-0.05, 0) is 46.0 Å². The lowest BCUT2D eigenvalue weighted by Gasteiger charge is -2.32. The molecule has 0 aliphatic carbocycles. The molecule has 0 aromatic carbocycles. The lowest BCUT2D eigenvalue weighted by atomic mass is 9.91. The van der Waals surface area contributed by atoms with Gasteiger partial charge in [0, 0.05) is 0 Å². The molecule has 0 aliphatic rings. The Hall–Kier alpha value is -0.0400. The van der Waals surface area contributed by atoms with Crippen molar-refractivity contribution in [3.05, 3.63) is 6.92 Å². The molecule has 0 aromatic rings. The van der Waals surface area contributed by atoms with Crippen molar-refractivity contribution < 1.29 is 4.74 Å². The number of rotatable bonds is 7. The van der Waals surface area contributed by atoms with Crippen LogP contribution in [0.1, 0.15) is 66.7 Å². The summed E-state index contributed by atoms with van der Waals surface area (Å²) in [5, 5.41) is 0. The van der Waals surface area contributed by atoms with Crippen LogP contribution in [0.2, 0.25) is 0 Å². The Balaban J connectivity index is 4.20. The Morgan fingerprint density at radius 1 is 1.20 bits per heavy atom. The molecular weight excluding hydrogens is 184 g/mol. The molecule has 0 N–H and O–H groups in total. The topological polar surface area (TPSA) is 9.23 Å². The molecule has 2 unspecified atom stereocenters. The van der Waals surface area contributed by atoms with Crippen molar-refractivity contribution in [1.29, 1.82) is 0 Å². The summed E-state index contributed by atoms with van der Waals surface area (Å²) in [6.45, 7) is 14.9. The Morgan fingerprint density at radius 3 is 2.13 bits per heavy atom. The molecule has 0 amide bonds. The summed E-state index contributed by atoms with van der Waals surface area (Å²) in [5.74, 6) is 0.633. The highest BCUT2D eigenvalue weighted by Crippen LogP contribution is 2.25. The summed E-state index contributed by atoms with van der Waals surface area (Å²) in [5.41, 5.74) is -0.0275. The lowest BCUT2D eigenvalue weighted by Crippen LogP contribution is -2.32. The van der Waals surface area contributed by atoms with E-state index in [2.05, 4.69) is 41.5 Å². The monoisotopic (exact) mass is 213 g/mol. The minimum absolute atomic E-state index is 0.0275. The van der Waals surface area contributed by atoms with Crippen molar-refractivity contribution >= 4 is 0 Å². The summed E-state index contributed by atoms with van der Waals surface area (Å²) in [4.78, 5) is 0. The van der Waals surface area contributed by atoms with Crippen LogP contribution in [0.3, 0.4) is 0 Å². The van der Waals surface area contributed by atoms with Crippen LogP contribution in [-0.4, -0.2) is 11.7 Å². The maximum absolute atomic E-state index is 6.10. The van der Waals surface area contributed by atoms with E-state index in [9.17, 15) is 0 Å². The van der Waals surface area contributed by atoms with Crippen molar-refractivity contribution in [1.82, 2.24) is 0 Å². The normalized spacial score (nSPS) is 16.4. The number of hydrogen-bond donors (Lipinski definition) is 0. The molecule has 0 saturated carbocycles. The number of unbranched alkanes of at least 4 members (excludes halogenated alkanes) is 1. The van der Waals surface area contributed by atoms with Crippen molar-refractivity contribution in [2.75, 3.05) is 0 Å². The molecule has 0 rings (SSSR count). The fourth-order valence-corrected chi connectivity index (χ4v) is 1.95. The predicted octanol–water partition coefficient (Wildman–Crippen LogP) is 4.61. The third kappa shape index (κ3) is 6.94. The summed E-state index contributed by atoms with van der Waals surface area (Å²) in [7, 11) is 0. The molecule has 1 heteroatoms. The van der Waals surface area contributed by atoms with E-state index < -0.39 is 0 Å². The van der Waals surface area contributed by atoms with E-state index in [-0.39, 0.29) is 5.60 Å². The molecule has 0 aliphatic heterocycles. The van der Waals surface area contributed by atoms with Gasteiger partial charge in [-0.2, -0.15) is 0 Å². The van der Waals surface area contributed by atoms with Crippen molar-refractivity contribution in [3.63, 3.8) is 0 Å². The molecule has 15 heavy (non-hydrogen) atoms. The summed E-state index contributed by atoms with van der Waals surface area (Å²) in [6.07, 6.45) is 6.30. The van der Waals surface area contributed by atoms with E-state index in [0.717, 1.165) is 12.8 Å². The molecule has 0 spiro atoms. The van der Waals surface area contributed by atoms with Gasteiger partial charge in [-0.25, -0.2) is 0 Å². The third-order valence-electron chi connectivity index (χ3n) is 2.73. The van der Waals surface area contributed by atoms with Crippen LogP contribution in [0.5, 0.6) is 0 Å². The zero-order chi connectivity index (χ0) is 11.9. The molecule has 91 valence electrons. The van der Waals surface area contributed by atoms with Crippen molar-refractivity contribution in [3.8, 4) is 0 Å². The fourth-order valence-electron chi connectivity index (χ4n) is 1.95. The maximum atomic E-state index is 6.10. The fraction of sp³-hybridized carbons (Fsp3) is 0.929. The van der Waals surface area contributed by atoms with Crippen molar-refractivity contribution in [2.45, 2.75) is 78.4 Å². The quantitative estimate of drug-likeness (QED) is 0.600. The van der Waals surface area contributed by atoms with Gasteiger partial charge in [-0.3, -0.25) is 0 Å². The van der Waals surface area contributed by atoms with E-state index in [0.29, 0.717) is 12.0 Å². The highest BCUT2D eigenvalue weighted by atomic mass is 16.5. The van der Waals surface area contributed by atoms with E-state index in [4.69, 9.17) is 4.74 Å². The second kappa shape index (κ2) is 7.27. The molecule has 1 radical (unpaired) electrons. The van der Waals surface area contributed by atoms with Crippen molar-refractivity contribution in [2.24, 2.45) is 5.92 Å². The molecular formula is C14H29O. The largest absolute Gasteiger partial charge is 0.372 e. The van der Waals surface area contributed by atoms with Gasteiger partial charge in [0.15, 0.2) is 0 Å². The molecule has 0 saturated heterocycles. The zero-order valence-corrected chi connectivity index (χ0v) is 11.3. The first kappa shape index (κ1) is 15.0. The van der Waals surface area contributed by atoms with Crippen LogP contribution >= 0.6 is 0 Å². The van der Waals surface area contributed by atoms with Gasteiger partial charge in [-0.15, -0.1) is 0 Å². The second-order valence-corrected chi connectivity index (χ2v) is 5.37. The molecule has 1 nitrogen and oxygen atoms in total. The Labute approximate surface area is 96.6 Å². The number of hydrogen-bond acceptors (Lipinski definition) is 1. The molecule has 0 bridgehead atoms. The second-order valence-electron chi connectivity index (χ2n) is 5.37. The van der Waals surface area contributed by atoms with Gasteiger partial charge in [0.2, 0.25) is 0 Å². The van der Waals surface area contributed by atoms with E-state index in [1.165, 1.54) is 19.3 Å². The Morgan fingerprint density at radius 2 is 1.80 bits per heavy atom. The van der Waals surface area contributed by atoms with Gasteiger partial charge >= 0.3 is 0 Å². The smallest absolute Gasteiger partial charge is 0.0607 e. The Kier molecular flexibility index (Phi) is 7.25. The van der Waals surface area contributed by atoms with Crippen LogP contribution in [0.25, 0.3) is 0 Å². The zero-order valence-electron chi connectivity index (χ0n) is 11.3. The van der Waals surface area contributed by atoms with Crippen LogP contribution < -0.4 is 0 Å². The minimum Gasteiger partial charge on any atom is -0.372 e. The standard InChI is InChI=1S/C14H29O/c1-7-10-11-12(8-2)13(9-3)15-14(4,5)6/h12-13H,2,7-11H2,1,3-6H3. The van der Waals surface area contributed by atoms with E-state index in [1.807, 2.05) is 0 Å². The highest BCUT2D eigenvalue weighted by Gasteiger charge is 2.23. The summed E-state index contributed by atoms with van der Waals surface area (Å²) < 4.78 is 6.10. The first-order chi connectivity index (χ1) is 6.94. The molecule has 0 fully saturated rings. The highest BCUT2D eigenvalue weighted by molar-refractivity contribution is 4.74. The maximum Gasteiger partial charge on any atom is 0.0607 e. The van der Waals surface area contributed by atoms with Crippen LogP contribution in [0, 0.1) is 12.8 Å².